The van der Waals surface area contributed by atoms with E-state index in [0.29, 0.717) is 24.1 Å². The normalized spacial score (nSPS) is 10.5. The lowest BCUT2D eigenvalue weighted by Gasteiger charge is -2.23. The van der Waals surface area contributed by atoms with E-state index in [0.717, 1.165) is 17.9 Å². The van der Waals surface area contributed by atoms with Gasteiger partial charge in [-0.2, -0.15) is 0 Å². The Kier molecular flexibility index (Phi) is 6.37. The molecule has 0 aliphatic carbocycles. The first-order valence-electron chi connectivity index (χ1n) is 9.39. The number of pyridine rings is 1. The third kappa shape index (κ3) is 4.74. The van der Waals surface area contributed by atoms with E-state index in [1.807, 2.05) is 18.2 Å². The predicted octanol–water partition coefficient (Wildman–Crippen LogP) is 4.66. The zero-order valence-electron chi connectivity index (χ0n) is 16.2. The summed E-state index contributed by atoms with van der Waals surface area (Å²) >= 11 is 0. The number of halogens is 1. The van der Waals surface area contributed by atoms with Crippen LogP contribution in [-0.4, -0.2) is 24.0 Å². The summed E-state index contributed by atoms with van der Waals surface area (Å²) in [4.78, 5) is 18.9. The molecule has 0 saturated heterocycles. The molecule has 0 aliphatic rings. The number of carbonyl (C=O) groups is 1. The number of hydrogen-bond acceptors (Lipinski definition) is 3. The fourth-order valence-electron chi connectivity index (χ4n) is 3.12. The van der Waals surface area contributed by atoms with Crippen LogP contribution in [0.2, 0.25) is 0 Å². The Bertz CT molecular complexity index is 958. The highest BCUT2D eigenvalue weighted by molar-refractivity contribution is 5.95. The third-order valence-electron chi connectivity index (χ3n) is 4.56. The monoisotopic (exact) mass is 377 g/mol. The highest BCUT2D eigenvalue weighted by atomic mass is 19.1. The lowest BCUT2D eigenvalue weighted by atomic mass is 10.1. The first-order chi connectivity index (χ1) is 13.6. The van der Waals surface area contributed by atoms with Crippen LogP contribution < -0.4 is 10.2 Å². The molecular formula is C23H24FN3O. The number of amides is 1. The summed E-state index contributed by atoms with van der Waals surface area (Å²) in [6, 6.07) is 16.6. The molecule has 0 bridgehead atoms. The zero-order chi connectivity index (χ0) is 19.9. The average Bonchev–Trinajstić information content (AvgIpc) is 2.70. The molecule has 4 nitrogen and oxygen atoms in total. The number of aryl methyl sites for hydroxylation is 1. The van der Waals surface area contributed by atoms with Gasteiger partial charge in [-0.3, -0.25) is 9.78 Å². The Labute approximate surface area is 165 Å². The molecule has 1 aromatic heterocycles. The topological polar surface area (TPSA) is 45.2 Å². The lowest BCUT2D eigenvalue weighted by molar-refractivity contribution is 0.0953. The van der Waals surface area contributed by atoms with Crippen molar-refractivity contribution in [2.75, 3.05) is 18.0 Å². The number of anilines is 2. The van der Waals surface area contributed by atoms with Gasteiger partial charge in [-0.1, -0.05) is 30.3 Å². The van der Waals surface area contributed by atoms with E-state index < -0.39 is 0 Å². The van der Waals surface area contributed by atoms with Gasteiger partial charge in [0.05, 0.1) is 17.4 Å². The van der Waals surface area contributed by atoms with Crippen LogP contribution in [0.15, 0.2) is 67.0 Å². The number of hydrogen-bond donors (Lipinski definition) is 1. The van der Waals surface area contributed by atoms with Crippen molar-refractivity contribution >= 4 is 17.3 Å². The summed E-state index contributed by atoms with van der Waals surface area (Å²) < 4.78 is 13.7. The minimum Gasteiger partial charge on any atom is -0.352 e. The maximum absolute atomic E-state index is 13.7. The molecule has 0 unspecified atom stereocenters. The minimum atomic E-state index is -0.253. The molecule has 0 aliphatic heterocycles. The molecule has 1 amide bonds. The van der Waals surface area contributed by atoms with E-state index in [1.165, 1.54) is 11.6 Å². The second kappa shape index (κ2) is 9.13. The second-order valence-electron chi connectivity index (χ2n) is 6.61. The van der Waals surface area contributed by atoms with Gasteiger partial charge < -0.3 is 10.2 Å². The number of nitrogens with one attached hydrogen (secondary N) is 1. The number of nitrogens with zero attached hydrogens (tertiary/aromatic N) is 2. The molecule has 2 aromatic carbocycles. The zero-order valence-corrected chi connectivity index (χ0v) is 16.2. The molecule has 28 heavy (non-hydrogen) atoms. The van der Waals surface area contributed by atoms with Crippen molar-refractivity contribution in [3.8, 4) is 0 Å². The Morgan fingerprint density at radius 2 is 1.89 bits per heavy atom. The molecule has 3 rings (SSSR count). The number of benzene rings is 2. The standard InChI is InChI=1S/C23H24FN3O/c1-3-27(20-9-6-7-17(2)13-20)21-14-19(15-25-16-21)23(28)26-12-11-18-8-4-5-10-22(18)24/h4-10,13-16H,3,11-12H2,1-2H3,(H,26,28). The molecule has 0 atom stereocenters. The maximum atomic E-state index is 13.7. The molecule has 0 saturated carbocycles. The highest BCUT2D eigenvalue weighted by Crippen LogP contribution is 2.25. The van der Waals surface area contributed by atoms with Gasteiger partial charge in [0.25, 0.3) is 5.91 Å². The van der Waals surface area contributed by atoms with Crippen LogP contribution in [-0.2, 0) is 6.42 Å². The van der Waals surface area contributed by atoms with Gasteiger partial charge >= 0.3 is 0 Å². The van der Waals surface area contributed by atoms with Gasteiger partial charge in [0, 0.05) is 25.0 Å². The summed E-state index contributed by atoms with van der Waals surface area (Å²) in [6.07, 6.45) is 3.74. The van der Waals surface area contributed by atoms with E-state index in [1.54, 1.807) is 30.6 Å². The molecule has 0 spiro atoms. The quantitative estimate of drug-likeness (QED) is 0.651. The van der Waals surface area contributed by atoms with Crippen LogP contribution in [0.5, 0.6) is 0 Å². The van der Waals surface area contributed by atoms with Gasteiger partial charge in [-0.15, -0.1) is 0 Å². The van der Waals surface area contributed by atoms with Gasteiger partial charge in [0.15, 0.2) is 0 Å². The largest absolute Gasteiger partial charge is 0.352 e. The summed E-state index contributed by atoms with van der Waals surface area (Å²) in [5, 5.41) is 2.84. The highest BCUT2D eigenvalue weighted by Gasteiger charge is 2.12. The van der Waals surface area contributed by atoms with Crippen molar-refractivity contribution in [3.63, 3.8) is 0 Å². The molecule has 1 N–H and O–H groups in total. The van der Waals surface area contributed by atoms with Crippen molar-refractivity contribution in [1.82, 2.24) is 10.3 Å². The van der Waals surface area contributed by atoms with Gasteiger partial charge in [-0.05, 0) is 55.7 Å². The first-order valence-corrected chi connectivity index (χ1v) is 9.39. The fraction of sp³-hybridized carbons (Fsp3) is 0.217. The molecule has 144 valence electrons. The first kappa shape index (κ1) is 19.5. The third-order valence-corrected chi connectivity index (χ3v) is 4.56. The van der Waals surface area contributed by atoms with Crippen LogP contribution in [0.25, 0.3) is 0 Å². The van der Waals surface area contributed by atoms with E-state index in [2.05, 4.69) is 41.2 Å². The summed E-state index contributed by atoms with van der Waals surface area (Å²) in [7, 11) is 0. The molecule has 1 heterocycles. The molecule has 3 aromatic rings. The second-order valence-corrected chi connectivity index (χ2v) is 6.61. The average molecular weight is 377 g/mol. The van der Waals surface area contributed by atoms with Crippen LogP contribution in [0.4, 0.5) is 15.8 Å². The van der Waals surface area contributed by atoms with Crippen LogP contribution in [0.3, 0.4) is 0 Å². The van der Waals surface area contributed by atoms with Crippen molar-refractivity contribution in [1.29, 1.82) is 0 Å². The van der Waals surface area contributed by atoms with E-state index in [4.69, 9.17) is 0 Å². The summed E-state index contributed by atoms with van der Waals surface area (Å²) in [5.74, 6) is -0.469. The van der Waals surface area contributed by atoms with E-state index >= 15 is 0 Å². The van der Waals surface area contributed by atoms with Crippen LogP contribution >= 0.6 is 0 Å². The van der Waals surface area contributed by atoms with Crippen LogP contribution in [0.1, 0.15) is 28.4 Å². The number of aromatic nitrogens is 1. The Hall–Kier alpha value is -3.21. The van der Waals surface area contributed by atoms with Crippen molar-refractivity contribution in [2.45, 2.75) is 20.3 Å². The SMILES string of the molecule is CCN(c1cccc(C)c1)c1cncc(C(=O)NCCc2ccccc2F)c1. The molecule has 0 radical (unpaired) electrons. The van der Waals surface area contributed by atoms with Gasteiger partial charge in [0.2, 0.25) is 0 Å². The Balaban J connectivity index is 1.69. The van der Waals surface area contributed by atoms with Gasteiger partial charge in [-0.25, -0.2) is 4.39 Å². The summed E-state index contributed by atoms with van der Waals surface area (Å²) in [5.41, 5.74) is 4.16. The van der Waals surface area contributed by atoms with Crippen molar-refractivity contribution in [2.24, 2.45) is 0 Å². The number of carbonyl (C=O) groups excluding carboxylic acids is 1. The van der Waals surface area contributed by atoms with E-state index in [-0.39, 0.29) is 11.7 Å². The van der Waals surface area contributed by atoms with Crippen molar-refractivity contribution < 1.29 is 9.18 Å². The Morgan fingerprint density at radius 3 is 2.64 bits per heavy atom. The van der Waals surface area contributed by atoms with E-state index in [9.17, 15) is 9.18 Å². The lowest BCUT2D eigenvalue weighted by Crippen LogP contribution is -2.26. The predicted molar refractivity (Wildman–Crippen MR) is 111 cm³/mol. The van der Waals surface area contributed by atoms with Crippen molar-refractivity contribution in [3.05, 3.63) is 89.5 Å². The molecule has 0 fully saturated rings. The molecule has 5 heteroatoms. The summed E-state index contributed by atoms with van der Waals surface area (Å²) in [6.45, 7) is 5.22. The smallest absolute Gasteiger partial charge is 0.252 e. The Morgan fingerprint density at radius 1 is 1.07 bits per heavy atom. The fourth-order valence-corrected chi connectivity index (χ4v) is 3.12. The molecular weight excluding hydrogens is 353 g/mol. The maximum Gasteiger partial charge on any atom is 0.252 e. The van der Waals surface area contributed by atoms with Crippen LogP contribution in [0, 0.1) is 12.7 Å². The minimum absolute atomic E-state index is 0.217. The van der Waals surface area contributed by atoms with Gasteiger partial charge in [0.1, 0.15) is 5.82 Å². The number of rotatable bonds is 7.